The number of benzene rings is 1. The highest BCUT2D eigenvalue weighted by molar-refractivity contribution is 6.21. The molecule has 1 aromatic rings. The molecule has 2 heterocycles. The SMILES string of the molecule is COC(=O)C1CNCCC12CCC(OCCN1C(=O)c3ccccc3C1=O)CC2. The van der Waals surface area contributed by atoms with Gasteiger partial charge in [0.25, 0.3) is 11.8 Å². The second-order valence-corrected chi connectivity index (χ2v) is 8.27. The van der Waals surface area contributed by atoms with Crippen molar-refractivity contribution in [1.29, 1.82) is 0 Å². The van der Waals surface area contributed by atoms with Crippen molar-refractivity contribution in [3.8, 4) is 0 Å². The first-order chi connectivity index (χ1) is 14.1. The summed E-state index contributed by atoms with van der Waals surface area (Å²) in [6.45, 7) is 2.21. The lowest BCUT2D eigenvalue weighted by Gasteiger charge is -2.47. The molecule has 0 aromatic heterocycles. The fourth-order valence-electron chi connectivity index (χ4n) is 5.13. The fourth-order valence-corrected chi connectivity index (χ4v) is 5.13. The highest BCUT2D eigenvalue weighted by Gasteiger charge is 2.47. The molecule has 1 atom stereocenters. The van der Waals surface area contributed by atoms with E-state index in [1.54, 1.807) is 24.3 Å². The van der Waals surface area contributed by atoms with E-state index in [1.807, 2.05) is 0 Å². The van der Waals surface area contributed by atoms with E-state index in [1.165, 1.54) is 12.0 Å². The maximum atomic E-state index is 12.4. The Bertz CT molecular complexity index is 765. The topological polar surface area (TPSA) is 84.9 Å². The summed E-state index contributed by atoms with van der Waals surface area (Å²) in [7, 11) is 1.46. The van der Waals surface area contributed by atoms with Gasteiger partial charge in [-0.05, 0) is 56.2 Å². The van der Waals surface area contributed by atoms with Crippen LogP contribution in [0, 0.1) is 11.3 Å². The smallest absolute Gasteiger partial charge is 0.310 e. The van der Waals surface area contributed by atoms with Gasteiger partial charge in [0, 0.05) is 6.54 Å². The average molecular weight is 400 g/mol. The molecule has 156 valence electrons. The van der Waals surface area contributed by atoms with Gasteiger partial charge in [0.1, 0.15) is 0 Å². The third-order valence-electron chi connectivity index (χ3n) is 6.85. The molecule has 1 saturated carbocycles. The van der Waals surface area contributed by atoms with Crippen molar-refractivity contribution in [1.82, 2.24) is 10.2 Å². The molecule has 1 spiro atoms. The van der Waals surface area contributed by atoms with Crippen LogP contribution >= 0.6 is 0 Å². The molecule has 7 heteroatoms. The molecule has 1 saturated heterocycles. The second-order valence-electron chi connectivity index (χ2n) is 8.27. The predicted molar refractivity (Wildman–Crippen MR) is 105 cm³/mol. The molecule has 2 aliphatic heterocycles. The zero-order chi connectivity index (χ0) is 20.4. The monoisotopic (exact) mass is 400 g/mol. The number of nitrogens with one attached hydrogen (secondary N) is 1. The van der Waals surface area contributed by atoms with Gasteiger partial charge in [-0.25, -0.2) is 0 Å². The maximum absolute atomic E-state index is 12.4. The summed E-state index contributed by atoms with van der Waals surface area (Å²) in [5.74, 6) is -0.706. The molecule has 3 aliphatic rings. The maximum Gasteiger partial charge on any atom is 0.310 e. The Morgan fingerprint density at radius 3 is 2.41 bits per heavy atom. The lowest BCUT2D eigenvalue weighted by atomic mass is 9.62. The third-order valence-corrected chi connectivity index (χ3v) is 6.85. The zero-order valence-electron chi connectivity index (χ0n) is 16.8. The molecule has 2 amide bonds. The number of esters is 1. The van der Waals surface area contributed by atoms with Crippen LogP contribution < -0.4 is 5.32 Å². The van der Waals surface area contributed by atoms with Crippen LogP contribution in [0.2, 0.25) is 0 Å². The lowest BCUT2D eigenvalue weighted by Crippen LogP contribution is -2.51. The summed E-state index contributed by atoms with van der Waals surface area (Å²) in [5.41, 5.74) is 0.939. The zero-order valence-corrected chi connectivity index (χ0v) is 16.8. The van der Waals surface area contributed by atoms with E-state index >= 15 is 0 Å². The number of piperidine rings is 1. The van der Waals surface area contributed by atoms with E-state index in [2.05, 4.69) is 5.32 Å². The number of methoxy groups -OCH3 is 1. The van der Waals surface area contributed by atoms with Crippen molar-refractivity contribution in [3.63, 3.8) is 0 Å². The number of carbonyl (C=O) groups is 3. The van der Waals surface area contributed by atoms with E-state index in [-0.39, 0.29) is 41.8 Å². The van der Waals surface area contributed by atoms with Gasteiger partial charge in [-0.3, -0.25) is 19.3 Å². The summed E-state index contributed by atoms with van der Waals surface area (Å²) in [5, 5.41) is 3.31. The Morgan fingerprint density at radius 2 is 1.79 bits per heavy atom. The van der Waals surface area contributed by atoms with E-state index < -0.39 is 0 Å². The quantitative estimate of drug-likeness (QED) is 0.601. The summed E-state index contributed by atoms with van der Waals surface area (Å²) >= 11 is 0. The largest absolute Gasteiger partial charge is 0.469 e. The van der Waals surface area contributed by atoms with E-state index in [9.17, 15) is 14.4 Å². The summed E-state index contributed by atoms with van der Waals surface area (Å²) in [6.07, 6.45) is 4.72. The summed E-state index contributed by atoms with van der Waals surface area (Å²) < 4.78 is 11.1. The van der Waals surface area contributed by atoms with Crippen LogP contribution in [0.15, 0.2) is 24.3 Å². The van der Waals surface area contributed by atoms with Gasteiger partial charge >= 0.3 is 5.97 Å². The molecule has 7 nitrogen and oxygen atoms in total. The van der Waals surface area contributed by atoms with Gasteiger partial charge in [0.05, 0.1) is 43.4 Å². The molecule has 1 aromatic carbocycles. The first-order valence-electron chi connectivity index (χ1n) is 10.4. The predicted octanol–water partition coefficient (Wildman–Crippen LogP) is 2.01. The minimum atomic E-state index is -0.243. The average Bonchev–Trinajstić information content (AvgIpc) is 3.00. The number of imide groups is 1. The van der Waals surface area contributed by atoms with Crippen LogP contribution in [-0.4, -0.2) is 62.1 Å². The number of hydrogen-bond donors (Lipinski definition) is 1. The van der Waals surface area contributed by atoms with Crippen LogP contribution in [0.4, 0.5) is 0 Å². The van der Waals surface area contributed by atoms with Gasteiger partial charge in [0.15, 0.2) is 0 Å². The Morgan fingerprint density at radius 1 is 1.14 bits per heavy atom. The molecule has 0 bridgehead atoms. The molecule has 2 fully saturated rings. The number of carbonyl (C=O) groups excluding carboxylic acids is 3. The molecule has 4 rings (SSSR count). The van der Waals surface area contributed by atoms with Gasteiger partial charge in [-0.15, -0.1) is 0 Å². The number of hydrogen-bond acceptors (Lipinski definition) is 6. The Kier molecular flexibility index (Phi) is 5.69. The van der Waals surface area contributed by atoms with Crippen molar-refractivity contribution >= 4 is 17.8 Å². The number of fused-ring (bicyclic) bond motifs is 1. The van der Waals surface area contributed by atoms with Gasteiger partial charge in [0.2, 0.25) is 0 Å². The number of rotatable bonds is 5. The second kappa shape index (κ2) is 8.24. The van der Waals surface area contributed by atoms with Gasteiger partial charge < -0.3 is 14.8 Å². The molecular weight excluding hydrogens is 372 g/mol. The van der Waals surface area contributed by atoms with Crippen LogP contribution in [0.3, 0.4) is 0 Å². The Labute approximate surface area is 170 Å². The normalized spacial score (nSPS) is 29.2. The standard InChI is InChI=1S/C22H28N2O5/c1-28-21(27)18-14-23-11-10-22(18)8-6-15(7-9-22)29-13-12-24-19(25)16-4-2-3-5-17(16)20(24)26/h2-5,15,18,23H,6-14H2,1H3. The molecule has 0 radical (unpaired) electrons. The highest BCUT2D eigenvalue weighted by atomic mass is 16.5. The van der Waals surface area contributed by atoms with E-state index in [4.69, 9.17) is 9.47 Å². The summed E-state index contributed by atoms with van der Waals surface area (Å²) in [6, 6.07) is 6.91. The third kappa shape index (κ3) is 3.69. The van der Waals surface area contributed by atoms with E-state index in [0.717, 1.165) is 38.6 Å². The molecule has 1 N–H and O–H groups in total. The van der Waals surface area contributed by atoms with Crippen molar-refractivity contribution < 1.29 is 23.9 Å². The van der Waals surface area contributed by atoms with Crippen LogP contribution in [0.5, 0.6) is 0 Å². The van der Waals surface area contributed by atoms with Crippen LogP contribution in [0.25, 0.3) is 0 Å². The van der Waals surface area contributed by atoms with Crippen molar-refractivity contribution in [2.45, 2.75) is 38.2 Å². The Hall–Kier alpha value is -2.25. The van der Waals surface area contributed by atoms with Gasteiger partial charge in [-0.2, -0.15) is 0 Å². The molecular formula is C22H28N2O5. The summed E-state index contributed by atoms with van der Waals surface area (Å²) in [4.78, 5) is 38.3. The van der Waals surface area contributed by atoms with E-state index in [0.29, 0.717) is 24.3 Å². The van der Waals surface area contributed by atoms with Crippen LogP contribution in [-0.2, 0) is 14.3 Å². The fraction of sp³-hybridized carbons (Fsp3) is 0.591. The minimum absolute atomic E-state index is 0.000726. The van der Waals surface area contributed by atoms with Gasteiger partial charge in [-0.1, -0.05) is 12.1 Å². The van der Waals surface area contributed by atoms with Crippen LogP contribution in [0.1, 0.15) is 52.8 Å². The number of amides is 2. The van der Waals surface area contributed by atoms with Crippen molar-refractivity contribution in [2.75, 3.05) is 33.4 Å². The molecule has 1 aliphatic carbocycles. The molecule has 29 heavy (non-hydrogen) atoms. The van der Waals surface area contributed by atoms with Crippen molar-refractivity contribution in [3.05, 3.63) is 35.4 Å². The highest BCUT2D eigenvalue weighted by Crippen LogP contribution is 2.47. The number of ether oxygens (including phenoxy) is 2. The lowest BCUT2D eigenvalue weighted by molar-refractivity contribution is -0.154. The number of nitrogens with zero attached hydrogens (tertiary/aromatic N) is 1. The first-order valence-corrected chi connectivity index (χ1v) is 10.4. The van der Waals surface area contributed by atoms with Crippen molar-refractivity contribution in [2.24, 2.45) is 11.3 Å². The molecule has 1 unspecified atom stereocenters. The Balaban J connectivity index is 1.28. The minimum Gasteiger partial charge on any atom is -0.469 e. The first kappa shape index (κ1) is 20.0.